The van der Waals surface area contributed by atoms with Gasteiger partial charge in [0.15, 0.2) is 0 Å². The van der Waals surface area contributed by atoms with E-state index in [0.717, 1.165) is 35.8 Å². The highest BCUT2D eigenvalue weighted by Gasteiger charge is 2.27. The Morgan fingerprint density at radius 1 is 1.32 bits per heavy atom. The lowest BCUT2D eigenvalue weighted by Crippen LogP contribution is -2.36. The van der Waals surface area contributed by atoms with Crippen molar-refractivity contribution in [2.75, 3.05) is 19.6 Å². The van der Waals surface area contributed by atoms with Crippen LogP contribution in [0.2, 0.25) is 5.02 Å². The fourth-order valence-electron chi connectivity index (χ4n) is 2.63. The van der Waals surface area contributed by atoms with E-state index in [2.05, 4.69) is 4.99 Å². The Hall–Kier alpha value is -1.61. The monoisotopic (exact) mass is 274 g/mol. The van der Waals surface area contributed by atoms with Gasteiger partial charge >= 0.3 is 0 Å². The van der Waals surface area contributed by atoms with Gasteiger partial charge in [0.1, 0.15) is 0 Å². The Labute approximate surface area is 117 Å². The van der Waals surface area contributed by atoms with Gasteiger partial charge in [-0.15, -0.1) is 0 Å². The van der Waals surface area contributed by atoms with E-state index in [9.17, 15) is 4.79 Å². The van der Waals surface area contributed by atoms with E-state index < -0.39 is 0 Å². The summed E-state index contributed by atoms with van der Waals surface area (Å²) in [4.78, 5) is 18.0. The summed E-state index contributed by atoms with van der Waals surface area (Å²) >= 11 is 5.92. The van der Waals surface area contributed by atoms with E-state index >= 15 is 0 Å². The SMILES string of the molecule is CC(=O)N1CCC2=C(C1)C(c1ccc(Cl)cc1)=NC2. The molecule has 4 heteroatoms. The van der Waals surface area contributed by atoms with Gasteiger partial charge in [0, 0.05) is 30.6 Å². The molecule has 19 heavy (non-hydrogen) atoms. The normalized spacial score (nSPS) is 18.4. The number of aliphatic imine (C=N–C) groups is 1. The van der Waals surface area contributed by atoms with Crippen LogP contribution in [0.1, 0.15) is 18.9 Å². The third kappa shape index (κ3) is 2.30. The van der Waals surface area contributed by atoms with Crippen molar-refractivity contribution in [2.24, 2.45) is 4.99 Å². The lowest BCUT2D eigenvalue weighted by atomic mass is 9.95. The summed E-state index contributed by atoms with van der Waals surface area (Å²) in [7, 11) is 0. The number of hydrogen-bond acceptors (Lipinski definition) is 2. The summed E-state index contributed by atoms with van der Waals surface area (Å²) in [5, 5.41) is 0.727. The van der Waals surface area contributed by atoms with Gasteiger partial charge in [0.2, 0.25) is 5.91 Å². The Kier molecular flexibility index (Phi) is 3.15. The molecule has 1 aromatic carbocycles. The van der Waals surface area contributed by atoms with Crippen LogP contribution < -0.4 is 0 Å². The molecule has 0 bridgehead atoms. The number of nitrogens with zero attached hydrogens (tertiary/aromatic N) is 2. The smallest absolute Gasteiger partial charge is 0.219 e. The van der Waals surface area contributed by atoms with Gasteiger partial charge < -0.3 is 4.90 Å². The first-order chi connectivity index (χ1) is 9.15. The van der Waals surface area contributed by atoms with E-state index in [1.54, 1.807) is 6.92 Å². The van der Waals surface area contributed by atoms with Gasteiger partial charge in [-0.1, -0.05) is 23.7 Å². The van der Waals surface area contributed by atoms with Gasteiger partial charge in [-0.25, -0.2) is 0 Å². The number of hydrogen-bond donors (Lipinski definition) is 0. The van der Waals surface area contributed by atoms with Crippen LogP contribution in [0.4, 0.5) is 0 Å². The number of halogens is 1. The maximum Gasteiger partial charge on any atom is 0.219 e. The summed E-state index contributed by atoms with van der Waals surface area (Å²) < 4.78 is 0. The van der Waals surface area contributed by atoms with Crippen LogP contribution in [0.25, 0.3) is 0 Å². The van der Waals surface area contributed by atoms with Crippen LogP contribution in [0.3, 0.4) is 0 Å². The van der Waals surface area contributed by atoms with Crippen LogP contribution >= 0.6 is 11.6 Å². The van der Waals surface area contributed by atoms with Crippen molar-refractivity contribution in [3.05, 3.63) is 46.0 Å². The van der Waals surface area contributed by atoms with Crippen molar-refractivity contribution >= 4 is 23.2 Å². The topological polar surface area (TPSA) is 32.7 Å². The second-order valence-corrected chi connectivity index (χ2v) is 5.38. The first kappa shape index (κ1) is 12.4. The fourth-order valence-corrected chi connectivity index (χ4v) is 2.76. The van der Waals surface area contributed by atoms with Crippen LogP contribution in [0.5, 0.6) is 0 Å². The number of amides is 1. The molecule has 0 fully saturated rings. The minimum absolute atomic E-state index is 0.133. The van der Waals surface area contributed by atoms with Crippen molar-refractivity contribution in [2.45, 2.75) is 13.3 Å². The summed E-state index contributed by atoms with van der Waals surface area (Å²) in [6.07, 6.45) is 0.940. The zero-order valence-electron chi connectivity index (χ0n) is 10.8. The highest BCUT2D eigenvalue weighted by molar-refractivity contribution is 6.30. The van der Waals surface area contributed by atoms with Crippen molar-refractivity contribution in [3.8, 4) is 0 Å². The molecule has 3 nitrogen and oxygen atoms in total. The zero-order chi connectivity index (χ0) is 13.4. The molecule has 0 N–H and O–H groups in total. The Bertz CT molecular complexity index is 587. The molecule has 0 atom stereocenters. The van der Waals surface area contributed by atoms with Gasteiger partial charge in [0.05, 0.1) is 12.3 Å². The van der Waals surface area contributed by atoms with Gasteiger partial charge in [-0.3, -0.25) is 9.79 Å². The first-order valence-corrected chi connectivity index (χ1v) is 6.80. The average molecular weight is 275 g/mol. The lowest BCUT2D eigenvalue weighted by molar-refractivity contribution is -0.128. The molecule has 0 aliphatic carbocycles. The minimum atomic E-state index is 0.133. The molecule has 2 heterocycles. The largest absolute Gasteiger partial charge is 0.338 e. The van der Waals surface area contributed by atoms with Crippen LogP contribution in [-0.2, 0) is 4.79 Å². The van der Waals surface area contributed by atoms with Crippen molar-refractivity contribution in [1.29, 1.82) is 0 Å². The lowest BCUT2D eigenvalue weighted by Gasteiger charge is -2.27. The molecule has 0 aromatic heterocycles. The predicted molar refractivity (Wildman–Crippen MR) is 76.8 cm³/mol. The van der Waals surface area contributed by atoms with Crippen molar-refractivity contribution in [1.82, 2.24) is 4.90 Å². The van der Waals surface area contributed by atoms with E-state index in [0.29, 0.717) is 6.54 Å². The zero-order valence-corrected chi connectivity index (χ0v) is 11.6. The number of benzene rings is 1. The van der Waals surface area contributed by atoms with E-state index in [1.807, 2.05) is 29.2 Å². The molecule has 3 rings (SSSR count). The van der Waals surface area contributed by atoms with Gasteiger partial charge in [0.25, 0.3) is 0 Å². The molecule has 1 amide bonds. The maximum atomic E-state index is 11.5. The summed E-state index contributed by atoms with van der Waals surface area (Å²) in [5.41, 5.74) is 4.71. The molecule has 0 spiro atoms. The third-order valence-electron chi connectivity index (χ3n) is 3.74. The minimum Gasteiger partial charge on any atom is -0.338 e. The average Bonchev–Trinajstić information content (AvgIpc) is 2.82. The molecule has 98 valence electrons. The second-order valence-electron chi connectivity index (χ2n) is 4.94. The number of carbonyl (C=O) groups is 1. The molecule has 2 aliphatic heterocycles. The van der Waals surface area contributed by atoms with Crippen LogP contribution in [0.15, 0.2) is 40.4 Å². The van der Waals surface area contributed by atoms with Crippen molar-refractivity contribution in [3.63, 3.8) is 0 Å². The Balaban J connectivity index is 1.90. The van der Waals surface area contributed by atoms with E-state index in [4.69, 9.17) is 11.6 Å². The third-order valence-corrected chi connectivity index (χ3v) is 3.99. The second kappa shape index (κ2) is 4.82. The predicted octanol–water partition coefficient (Wildman–Crippen LogP) is 2.69. The Morgan fingerprint density at radius 2 is 2.05 bits per heavy atom. The number of rotatable bonds is 1. The van der Waals surface area contributed by atoms with E-state index in [1.165, 1.54) is 11.1 Å². The van der Waals surface area contributed by atoms with E-state index in [-0.39, 0.29) is 5.91 Å². The highest BCUT2D eigenvalue weighted by atomic mass is 35.5. The molecule has 0 saturated heterocycles. The van der Waals surface area contributed by atoms with Crippen molar-refractivity contribution < 1.29 is 4.79 Å². The molecule has 2 aliphatic rings. The molecular weight excluding hydrogens is 260 g/mol. The molecule has 0 radical (unpaired) electrons. The van der Waals surface area contributed by atoms with Crippen LogP contribution in [-0.4, -0.2) is 36.2 Å². The molecule has 0 saturated carbocycles. The molecule has 0 unspecified atom stereocenters. The Morgan fingerprint density at radius 3 is 2.74 bits per heavy atom. The molecule has 1 aromatic rings. The van der Waals surface area contributed by atoms with Gasteiger partial charge in [-0.2, -0.15) is 0 Å². The molecular formula is C15H15ClN2O. The highest BCUT2D eigenvalue weighted by Crippen LogP contribution is 2.28. The standard InChI is InChI=1S/C15H15ClN2O/c1-10(19)18-7-6-12-8-17-15(14(12)9-18)11-2-4-13(16)5-3-11/h2-5H,6-9H2,1H3. The fraction of sp³-hybridized carbons (Fsp3) is 0.333. The number of carbonyl (C=O) groups excluding carboxylic acids is 1. The summed E-state index contributed by atoms with van der Waals surface area (Å²) in [6, 6.07) is 7.74. The summed E-state index contributed by atoms with van der Waals surface area (Å²) in [6.45, 7) is 3.91. The van der Waals surface area contributed by atoms with Crippen LogP contribution in [0, 0.1) is 0 Å². The van der Waals surface area contributed by atoms with Gasteiger partial charge in [-0.05, 0) is 29.7 Å². The summed E-state index contributed by atoms with van der Waals surface area (Å²) in [5.74, 6) is 0.133. The first-order valence-electron chi connectivity index (χ1n) is 6.42. The maximum absolute atomic E-state index is 11.5. The quantitative estimate of drug-likeness (QED) is 0.775.